The topological polar surface area (TPSA) is 102 Å². The molecule has 2 rings (SSSR count). The summed E-state index contributed by atoms with van der Waals surface area (Å²) in [6, 6.07) is 7.35. The molecule has 3 N–H and O–H groups in total. The predicted molar refractivity (Wildman–Crippen MR) is 93.9 cm³/mol. The SMILES string of the molecule is C/C(=N/NC(=O)c1ccc(Cl)c(S(N)(=O)=O)c1)c1ccc(F)cc1Cl. The quantitative estimate of drug-likeness (QED) is 0.605. The highest BCUT2D eigenvalue weighted by Crippen LogP contribution is 2.21. The Hall–Kier alpha value is -2.00. The maximum atomic E-state index is 13.0. The summed E-state index contributed by atoms with van der Waals surface area (Å²) in [4.78, 5) is 11.7. The van der Waals surface area contributed by atoms with Crippen molar-refractivity contribution in [1.29, 1.82) is 0 Å². The third-order valence-electron chi connectivity index (χ3n) is 3.15. The lowest BCUT2D eigenvalue weighted by atomic mass is 10.1. The normalized spacial score (nSPS) is 12.1. The fraction of sp³-hybridized carbons (Fsp3) is 0.0667. The summed E-state index contributed by atoms with van der Waals surface area (Å²) in [5.74, 6) is -1.18. The number of hydrazone groups is 1. The molecule has 0 radical (unpaired) electrons. The van der Waals surface area contributed by atoms with Crippen LogP contribution in [0.3, 0.4) is 0 Å². The van der Waals surface area contributed by atoms with Gasteiger partial charge in [0.2, 0.25) is 10.0 Å². The molecule has 2 aromatic carbocycles. The summed E-state index contributed by atoms with van der Waals surface area (Å²) in [6.07, 6.45) is 0. The number of rotatable bonds is 4. The van der Waals surface area contributed by atoms with Gasteiger partial charge in [0.05, 0.1) is 15.8 Å². The van der Waals surface area contributed by atoms with Gasteiger partial charge in [-0.2, -0.15) is 5.10 Å². The molecule has 2 aromatic rings. The van der Waals surface area contributed by atoms with Crippen molar-refractivity contribution in [3.05, 3.63) is 63.4 Å². The van der Waals surface area contributed by atoms with Crippen molar-refractivity contribution in [3.63, 3.8) is 0 Å². The van der Waals surface area contributed by atoms with Gasteiger partial charge in [-0.05, 0) is 43.3 Å². The van der Waals surface area contributed by atoms with Crippen molar-refractivity contribution < 1.29 is 17.6 Å². The molecule has 6 nitrogen and oxygen atoms in total. The molecule has 10 heteroatoms. The molecule has 0 spiro atoms. The van der Waals surface area contributed by atoms with Crippen LogP contribution in [0.2, 0.25) is 10.0 Å². The Kier molecular flexibility index (Phi) is 5.79. The van der Waals surface area contributed by atoms with Crippen molar-refractivity contribution in [2.75, 3.05) is 0 Å². The van der Waals surface area contributed by atoms with Crippen LogP contribution < -0.4 is 10.6 Å². The second-order valence-electron chi connectivity index (χ2n) is 4.95. The average Bonchev–Trinajstić information content (AvgIpc) is 2.51. The number of nitrogens with two attached hydrogens (primary N) is 1. The maximum Gasteiger partial charge on any atom is 0.271 e. The molecule has 0 saturated carbocycles. The van der Waals surface area contributed by atoms with Crippen molar-refractivity contribution in [1.82, 2.24) is 5.43 Å². The highest BCUT2D eigenvalue weighted by atomic mass is 35.5. The summed E-state index contributed by atoms with van der Waals surface area (Å²) in [5.41, 5.74) is 3.02. The van der Waals surface area contributed by atoms with Gasteiger partial charge in [-0.15, -0.1) is 0 Å². The number of hydrogen-bond acceptors (Lipinski definition) is 4. The fourth-order valence-electron chi connectivity index (χ4n) is 1.90. The molecule has 0 atom stereocenters. The van der Waals surface area contributed by atoms with Crippen LogP contribution in [0.1, 0.15) is 22.8 Å². The maximum absolute atomic E-state index is 13.0. The highest BCUT2D eigenvalue weighted by molar-refractivity contribution is 7.89. The van der Waals surface area contributed by atoms with Crippen molar-refractivity contribution in [2.24, 2.45) is 10.2 Å². The number of amides is 1. The van der Waals surface area contributed by atoms with Gasteiger partial charge in [0, 0.05) is 11.1 Å². The first-order valence-electron chi connectivity index (χ1n) is 6.72. The molecule has 0 aliphatic rings. The summed E-state index contributed by atoms with van der Waals surface area (Å²) in [6.45, 7) is 1.57. The number of hydrogen-bond donors (Lipinski definition) is 2. The zero-order chi connectivity index (χ0) is 18.8. The van der Waals surface area contributed by atoms with Crippen LogP contribution >= 0.6 is 23.2 Å². The lowest BCUT2D eigenvalue weighted by Crippen LogP contribution is -2.20. The van der Waals surface area contributed by atoms with Gasteiger partial charge in [0.25, 0.3) is 5.91 Å². The molecule has 132 valence electrons. The molecular formula is C15H12Cl2FN3O3S. The van der Waals surface area contributed by atoms with Crippen molar-refractivity contribution >= 4 is 44.8 Å². The lowest BCUT2D eigenvalue weighted by molar-refractivity contribution is 0.0954. The first kappa shape index (κ1) is 19.3. The van der Waals surface area contributed by atoms with Crippen LogP contribution in [0, 0.1) is 5.82 Å². The van der Waals surface area contributed by atoms with Crippen LogP contribution in [-0.4, -0.2) is 20.0 Å². The number of carbonyl (C=O) groups excluding carboxylic acids is 1. The average molecular weight is 404 g/mol. The molecule has 0 aromatic heterocycles. The van der Waals surface area contributed by atoms with Crippen LogP contribution in [0.4, 0.5) is 4.39 Å². The molecule has 0 heterocycles. The number of nitrogens with one attached hydrogen (secondary N) is 1. The van der Waals surface area contributed by atoms with Crippen LogP contribution in [0.25, 0.3) is 0 Å². The molecule has 0 aliphatic carbocycles. The number of carbonyl (C=O) groups is 1. The van der Waals surface area contributed by atoms with Crippen molar-refractivity contribution in [3.8, 4) is 0 Å². The van der Waals surface area contributed by atoms with Crippen LogP contribution in [-0.2, 0) is 10.0 Å². The van der Waals surface area contributed by atoms with E-state index in [0.717, 1.165) is 12.1 Å². The summed E-state index contributed by atoms with van der Waals surface area (Å²) in [5, 5.41) is 8.95. The standard InChI is InChI=1S/C15H12Cl2FN3O3S/c1-8(11-4-3-10(18)7-13(11)17)20-21-15(22)9-2-5-12(16)14(6-9)25(19,23)24/h2-7H,1H3,(H,21,22)(H2,19,23,24)/b20-8-. The van der Waals surface area contributed by atoms with Gasteiger partial charge in [-0.25, -0.2) is 23.4 Å². The van der Waals surface area contributed by atoms with E-state index in [-0.39, 0.29) is 20.5 Å². The fourth-order valence-corrected chi connectivity index (χ4v) is 3.28. The molecule has 0 fully saturated rings. The minimum atomic E-state index is -4.07. The Balaban J connectivity index is 2.25. The Bertz CT molecular complexity index is 978. The molecule has 0 saturated heterocycles. The molecule has 0 bridgehead atoms. The van der Waals surface area contributed by atoms with Crippen molar-refractivity contribution in [2.45, 2.75) is 11.8 Å². The Morgan fingerprint density at radius 2 is 1.84 bits per heavy atom. The number of sulfonamides is 1. The summed E-state index contributed by atoms with van der Waals surface area (Å²) < 4.78 is 35.9. The number of halogens is 3. The minimum Gasteiger partial charge on any atom is -0.267 e. The molecular weight excluding hydrogens is 392 g/mol. The van der Waals surface area contributed by atoms with Gasteiger partial charge in [-0.1, -0.05) is 23.2 Å². The van der Waals surface area contributed by atoms with E-state index in [1.54, 1.807) is 6.92 Å². The number of nitrogens with zero attached hydrogens (tertiary/aromatic N) is 1. The third kappa shape index (κ3) is 4.76. The van der Waals surface area contributed by atoms with E-state index in [1.807, 2.05) is 0 Å². The monoisotopic (exact) mass is 403 g/mol. The first-order valence-corrected chi connectivity index (χ1v) is 9.02. The summed E-state index contributed by atoms with van der Waals surface area (Å²) >= 11 is 11.7. The smallest absolute Gasteiger partial charge is 0.267 e. The van der Waals surface area contributed by atoms with Gasteiger partial charge in [0.15, 0.2) is 0 Å². The zero-order valence-corrected chi connectivity index (χ0v) is 15.1. The highest BCUT2D eigenvalue weighted by Gasteiger charge is 2.16. The largest absolute Gasteiger partial charge is 0.271 e. The lowest BCUT2D eigenvalue weighted by Gasteiger charge is -2.07. The van der Waals surface area contributed by atoms with Gasteiger partial charge in [0.1, 0.15) is 10.7 Å². The van der Waals surface area contributed by atoms with E-state index in [9.17, 15) is 17.6 Å². The minimum absolute atomic E-state index is 0.00446. The van der Waals surface area contributed by atoms with Crippen LogP contribution in [0.15, 0.2) is 46.4 Å². The Labute approximate surface area is 153 Å². The number of benzene rings is 2. The Morgan fingerprint density at radius 3 is 2.44 bits per heavy atom. The van der Waals surface area contributed by atoms with E-state index in [1.165, 1.54) is 24.3 Å². The van der Waals surface area contributed by atoms with E-state index in [2.05, 4.69) is 10.5 Å². The van der Waals surface area contributed by atoms with Gasteiger partial charge >= 0.3 is 0 Å². The molecule has 25 heavy (non-hydrogen) atoms. The zero-order valence-electron chi connectivity index (χ0n) is 12.8. The third-order valence-corrected chi connectivity index (χ3v) is 4.85. The Morgan fingerprint density at radius 1 is 1.16 bits per heavy atom. The summed E-state index contributed by atoms with van der Waals surface area (Å²) in [7, 11) is -4.07. The molecule has 1 amide bonds. The van der Waals surface area contributed by atoms with E-state index in [0.29, 0.717) is 11.3 Å². The van der Waals surface area contributed by atoms with Gasteiger partial charge < -0.3 is 0 Å². The van der Waals surface area contributed by atoms with E-state index >= 15 is 0 Å². The second kappa shape index (κ2) is 7.49. The molecule has 0 aliphatic heterocycles. The predicted octanol–water partition coefficient (Wildman–Crippen LogP) is 2.93. The van der Waals surface area contributed by atoms with Gasteiger partial charge in [-0.3, -0.25) is 4.79 Å². The van der Waals surface area contributed by atoms with E-state index < -0.39 is 21.7 Å². The number of primary sulfonamides is 1. The molecule has 0 unspecified atom stereocenters. The second-order valence-corrected chi connectivity index (χ2v) is 7.30. The van der Waals surface area contributed by atoms with Crippen LogP contribution in [0.5, 0.6) is 0 Å². The first-order chi connectivity index (χ1) is 11.6. The van der Waals surface area contributed by atoms with E-state index in [4.69, 9.17) is 28.3 Å².